The zero-order chi connectivity index (χ0) is 9.97. The van der Waals surface area contributed by atoms with Crippen LogP contribution in [-0.4, -0.2) is 19.4 Å². The van der Waals surface area contributed by atoms with E-state index in [0.717, 1.165) is 24.7 Å². The Bertz CT molecular complexity index is 346. The molecule has 0 fully saturated rings. The maximum absolute atomic E-state index is 10.6. The molecule has 0 radical (unpaired) electrons. The summed E-state index contributed by atoms with van der Waals surface area (Å²) < 4.78 is 0. The van der Waals surface area contributed by atoms with E-state index in [4.69, 9.17) is 0 Å². The Balaban J connectivity index is 2.29. The van der Waals surface area contributed by atoms with Crippen molar-refractivity contribution in [3.8, 4) is 0 Å². The molecule has 0 bridgehead atoms. The Morgan fingerprint density at radius 1 is 1.43 bits per heavy atom. The number of carbonyl (C=O) groups excluding carboxylic acids is 1. The summed E-state index contributed by atoms with van der Waals surface area (Å²) in [5, 5.41) is 3.29. The molecule has 0 heterocycles. The minimum Gasteiger partial charge on any atom is -0.317 e. The molecule has 1 atom stereocenters. The fourth-order valence-electron chi connectivity index (χ4n) is 2.10. The molecule has 14 heavy (non-hydrogen) atoms. The van der Waals surface area contributed by atoms with Crippen molar-refractivity contribution < 1.29 is 4.79 Å². The highest BCUT2D eigenvalue weighted by Crippen LogP contribution is 2.21. The van der Waals surface area contributed by atoms with Crippen molar-refractivity contribution in [1.82, 2.24) is 5.32 Å². The number of aldehydes is 1. The number of benzene rings is 1. The Hall–Kier alpha value is -1.15. The molecule has 0 spiro atoms. The minimum atomic E-state index is 0.574. The van der Waals surface area contributed by atoms with Crippen LogP contribution in [0.1, 0.15) is 27.9 Å². The highest BCUT2D eigenvalue weighted by molar-refractivity contribution is 5.75. The van der Waals surface area contributed by atoms with Gasteiger partial charge in [0.25, 0.3) is 0 Å². The number of hydrogen-bond donors (Lipinski definition) is 1. The fraction of sp³-hybridized carbons (Fsp3) is 0.417. The molecule has 2 heteroatoms. The van der Waals surface area contributed by atoms with E-state index in [-0.39, 0.29) is 0 Å². The lowest BCUT2D eigenvalue weighted by Gasteiger charge is -2.24. The summed E-state index contributed by atoms with van der Waals surface area (Å²) in [5.74, 6) is 0. The van der Waals surface area contributed by atoms with Gasteiger partial charge in [0.05, 0.1) is 0 Å². The van der Waals surface area contributed by atoms with Gasteiger partial charge in [-0.1, -0.05) is 12.1 Å². The predicted molar refractivity (Wildman–Crippen MR) is 56.7 cm³/mol. The van der Waals surface area contributed by atoms with E-state index >= 15 is 0 Å². The zero-order valence-electron chi connectivity index (χ0n) is 8.42. The van der Waals surface area contributed by atoms with Gasteiger partial charge in [0.15, 0.2) is 0 Å². The van der Waals surface area contributed by atoms with Crippen LogP contribution in [0.15, 0.2) is 18.2 Å². The van der Waals surface area contributed by atoms with E-state index in [2.05, 4.69) is 11.4 Å². The second kappa shape index (κ2) is 3.93. The number of hydrogen-bond acceptors (Lipinski definition) is 2. The predicted octanol–water partition coefficient (Wildman–Crippen LogP) is 1.58. The van der Waals surface area contributed by atoms with Crippen molar-refractivity contribution in [2.24, 2.45) is 0 Å². The molecule has 1 aliphatic carbocycles. The largest absolute Gasteiger partial charge is 0.317 e. The average Bonchev–Trinajstić information content (AvgIpc) is 2.27. The van der Waals surface area contributed by atoms with E-state index < -0.39 is 0 Å². The van der Waals surface area contributed by atoms with E-state index in [0.29, 0.717) is 6.04 Å². The van der Waals surface area contributed by atoms with E-state index in [9.17, 15) is 4.79 Å². The van der Waals surface area contributed by atoms with Crippen molar-refractivity contribution >= 4 is 6.29 Å². The number of aryl methyl sites for hydroxylation is 1. The quantitative estimate of drug-likeness (QED) is 0.716. The SMILES string of the molecule is CNC1CCc2ccc(C=O)cc2C1. The van der Waals surface area contributed by atoms with Crippen molar-refractivity contribution in [2.45, 2.75) is 25.3 Å². The van der Waals surface area contributed by atoms with Gasteiger partial charge in [-0.15, -0.1) is 0 Å². The standard InChI is InChI=1S/C12H15NO/c1-13-12-5-4-10-3-2-9(8-14)6-11(10)7-12/h2-3,6,8,12-13H,4-5,7H2,1H3. The molecule has 2 rings (SSSR count). The van der Waals surface area contributed by atoms with Gasteiger partial charge in [-0.2, -0.15) is 0 Å². The molecule has 1 aromatic carbocycles. The Labute approximate surface area is 84.3 Å². The lowest BCUT2D eigenvalue weighted by atomic mass is 9.87. The molecule has 0 saturated heterocycles. The van der Waals surface area contributed by atoms with Gasteiger partial charge in [-0.05, 0) is 43.5 Å². The van der Waals surface area contributed by atoms with Crippen LogP contribution < -0.4 is 5.32 Å². The second-order valence-corrected chi connectivity index (χ2v) is 3.87. The summed E-state index contributed by atoms with van der Waals surface area (Å²) in [6.45, 7) is 0. The topological polar surface area (TPSA) is 29.1 Å². The summed E-state index contributed by atoms with van der Waals surface area (Å²) in [7, 11) is 2.00. The van der Waals surface area contributed by atoms with Gasteiger partial charge in [-0.3, -0.25) is 4.79 Å². The van der Waals surface area contributed by atoms with Crippen LogP contribution in [0.25, 0.3) is 0 Å². The van der Waals surface area contributed by atoms with Crippen LogP contribution in [0.3, 0.4) is 0 Å². The summed E-state index contributed by atoms with van der Waals surface area (Å²) in [5.41, 5.74) is 3.53. The lowest BCUT2D eigenvalue weighted by molar-refractivity contribution is 0.112. The fourth-order valence-corrected chi connectivity index (χ4v) is 2.10. The molecule has 0 amide bonds. The Morgan fingerprint density at radius 3 is 3.00 bits per heavy atom. The third-order valence-corrected chi connectivity index (χ3v) is 3.00. The number of carbonyl (C=O) groups is 1. The summed E-state index contributed by atoms with van der Waals surface area (Å²) in [4.78, 5) is 10.6. The van der Waals surface area contributed by atoms with Gasteiger partial charge in [-0.25, -0.2) is 0 Å². The third kappa shape index (κ3) is 1.70. The molecule has 1 unspecified atom stereocenters. The van der Waals surface area contributed by atoms with Crippen molar-refractivity contribution in [3.63, 3.8) is 0 Å². The monoisotopic (exact) mass is 189 g/mol. The van der Waals surface area contributed by atoms with Crippen molar-refractivity contribution in [2.75, 3.05) is 7.05 Å². The molecule has 1 aromatic rings. The molecule has 1 aliphatic rings. The molecule has 74 valence electrons. The van der Waals surface area contributed by atoms with Gasteiger partial charge in [0.2, 0.25) is 0 Å². The highest BCUT2D eigenvalue weighted by Gasteiger charge is 2.16. The van der Waals surface area contributed by atoms with Gasteiger partial charge < -0.3 is 5.32 Å². The summed E-state index contributed by atoms with van der Waals surface area (Å²) in [6, 6.07) is 6.59. The van der Waals surface area contributed by atoms with Gasteiger partial charge >= 0.3 is 0 Å². The lowest BCUT2D eigenvalue weighted by Crippen LogP contribution is -2.31. The first-order valence-corrected chi connectivity index (χ1v) is 5.07. The second-order valence-electron chi connectivity index (χ2n) is 3.87. The number of fused-ring (bicyclic) bond motifs is 1. The van der Waals surface area contributed by atoms with E-state index in [1.807, 2.05) is 19.2 Å². The third-order valence-electron chi connectivity index (χ3n) is 3.00. The van der Waals surface area contributed by atoms with Crippen LogP contribution >= 0.6 is 0 Å². The summed E-state index contributed by atoms with van der Waals surface area (Å²) >= 11 is 0. The number of likely N-dealkylation sites (N-methyl/N-ethyl adjacent to an activating group) is 1. The maximum atomic E-state index is 10.6. The Morgan fingerprint density at radius 2 is 2.29 bits per heavy atom. The van der Waals surface area contributed by atoms with E-state index in [1.165, 1.54) is 17.5 Å². The number of rotatable bonds is 2. The maximum Gasteiger partial charge on any atom is 0.150 e. The molecule has 1 N–H and O–H groups in total. The molecular weight excluding hydrogens is 174 g/mol. The normalized spacial score (nSPS) is 20.2. The first-order valence-electron chi connectivity index (χ1n) is 5.07. The van der Waals surface area contributed by atoms with Crippen molar-refractivity contribution in [1.29, 1.82) is 0 Å². The van der Waals surface area contributed by atoms with Crippen LogP contribution in [-0.2, 0) is 12.8 Å². The van der Waals surface area contributed by atoms with Crippen LogP contribution in [0.4, 0.5) is 0 Å². The number of nitrogens with one attached hydrogen (secondary N) is 1. The minimum absolute atomic E-state index is 0.574. The molecule has 0 aliphatic heterocycles. The summed E-state index contributed by atoms with van der Waals surface area (Å²) in [6.07, 6.45) is 4.29. The average molecular weight is 189 g/mol. The van der Waals surface area contributed by atoms with Crippen LogP contribution in [0.5, 0.6) is 0 Å². The Kier molecular flexibility index (Phi) is 2.64. The zero-order valence-corrected chi connectivity index (χ0v) is 8.42. The molecular formula is C12H15NO. The van der Waals surface area contributed by atoms with E-state index in [1.54, 1.807) is 0 Å². The smallest absolute Gasteiger partial charge is 0.150 e. The molecule has 2 nitrogen and oxygen atoms in total. The van der Waals surface area contributed by atoms with Gasteiger partial charge in [0.1, 0.15) is 6.29 Å². The first-order chi connectivity index (χ1) is 6.83. The van der Waals surface area contributed by atoms with Crippen molar-refractivity contribution in [3.05, 3.63) is 34.9 Å². The first kappa shape index (κ1) is 9.41. The molecule has 0 saturated carbocycles. The highest BCUT2D eigenvalue weighted by atomic mass is 16.1. The van der Waals surface area contributed by atoms with Gasteiger partial charge in [0, 0.05) is 11.6 Å². The van der Waals surface area contributed by atoms with Crippen LogP contribution in [0, 0.1) is 0 Å². The molecule has 0 aromatic heterocycles. The van der Waals surface area contributed by atoms with Crippen LogP contribution in [0.2, 0.25) is 0 Å².